The third kappa shape index (κ3) is 3.20. The summed E-state index contributed by atoms with van der Waals surface area (Å²) >= 11 is 0. The van der Waals surface area contributed by atoms with E-state index in [1.807, 2.05) is 32.0 Å². The van der Waals surface area contributed by atoms with Crippen molar-refractivity contribution in [2.45, 2.75) is 13.8 Å². The van der Waals surface area contributed by atoms with Gasteiger partial charge in [0, 0.05) is 11.4 Å². The van der Waals surface area contributed by atoms with E-state index in [0.717, 1.165) is 11.4 Å². The Morgan fingerprint density at radius 3 is 1.70 bits per heavy atom. The van der Waals surface area contributed by atoms with Crippen LogP contribution in [0.1, 0.15) is 11.4 Å². The Hall–Kier alpha value is -0.890. The van der Waals surface area contributed by atoms with Crippen LogP contribution in [0.25, 0.3) is 0 Å². The van der Waals surface area contributed by atoms with Gasteiger partial charge in [-0.1, -0.05) is 6.07 Å². The molecule has 0 aromatic carbocycles. The Labute approximate surface area is 62.1 Å². The third-order valence-corrected chi connectivity index (χ3v) is 1.03. The molecule has 2 heteroatoms. The number of aromatic nitrogens is 1. The summed E-state index contributed by atoms with van der Waals surface area (Å²) in [5.41, 5.74) is 6.68. The first-order chi connectivity index (χ1) is 4.79. The molecule has 1 aromatic rings. The largest absolute Gasteiger partial charge is 0.333 e. The van der Waals surface area contributed by atoms with Crippen molar-refractivity contribution in [3.63, 3.8) is 0 Å². The SMILES string of the molecule is CN.Cc1cccc(C)n1. The second-order valence-corrected chi connectivity index (χ2v) is 1.92. The van der Waals surface area contributed by atoms with Gasteiger partial charge in [0.1, 0.15) is 0 Å². The van der Waals surface area contributed by atoms with E-state index < -0.39 is 0 Å². The second-order valence-electron chi connectivity index (χ2n) is 1.92. The van der Waals surface area contributed by atoms with E-state index in [1.54, 1.807) is 0 Å². The van der Waals surface area contributed by atoms with Gasteiger partial charge in [-0.05, 0) is 33.0 Å². The van der Waals surface area contributed by atoms with E-state index in [-0.39, 0.29) is 0 Å². The molecule has 56 valence electrons. The Morgan fingerprint density at radius 2 is 1.50 bits per heavy atom. The highest BCUT2D eigenvalue weighted by atomic mass is 14.7. The fourth-order valence-electron chi connectivity index (χ4n) is 0.679. The van der Waals surface area contributed by atoms with Gasteiger partial charge in [-0.15, -0.1) is 0 Å². The maximum Gasteiger partial charge on any atom is 0.0375 e. The number of hydrogen-bond donors (Lipinski definition) is 1. The van der Waals surface area contributed by atoms with E-state index >= 15 is 0 Å². The highest BCUT2D eigenvalue weighted by Crippen LogP contribution is 1.93. The molecule has 0 aliphatic heterocycles. The minimum atomic E-state index is 1.09. The smallest absolute Gasteiger partial charge is 0.0375 e. The molecular weight excluding hydrogens is 124 g/mol. The number of rotatable bonds is 0. The quantitative estimate of drug-likeness (QED) is 0.586. The average molecular weight is 138 g/mol. The molecule has 2 nitrogen and oxygen atoms in total. The van der Waals surface area contributed by atoms with Crippen molar-refractivity contribution < 1.29 is 0 Å². The molecule has 1 heterocycles. The molecule has 0 spiro atoms. The molecule has 0 bridgehead atoms. The van der Waals surface area contributed by atoms with Crippen LogP contribution in [0.15, 0.2) is 18.2 Å². The Morgan fingerprint density at radius 1 is 1.10 bits per heavy atom. The summed E-state index contributed by atoms with van der Waals surface area (Å²) in [4.78, 5) is 4.17. The minimum absolute atomic E-state index is 1.09. The topological polar surface area (TPSA) is 38.9 Å². The van der Waals surface area contributed by atoms with E-state index in [2.05, 4.69) is 10.7 Å². The van der Waals surface area contributed by atoms with Crippen LogP contribution in [-0.2, 0) is 0 Å². The van der Waals surface area contributed by atoms with Crippen LogP contribution in [0.5, 0.6) is 0 Å². The summed E-state index contributed by atoms with van der Waals surface area (Å²) in [5.74, 6) is 0. The average Bonchev–Trinajstić information content (AvgIpc) is 1.91. The van der Waals surface area contributed by atoms with E-state index in [4.69, 9.17) is 0 Å². The fraction of sp³-hybridized carbons (Fsp3) is 0.375. The first kappa shape index (κ1) is 9.11. The maximum atomic E-state index is 4.50. The molecule has 0 saturated carbocycles. The minimum Gasteiger partial charge on any atom is -0.333 e. The molecular formula is C8H14N2. The monoisotopic (exact) mass is 138 g/mol. The summed E-state index contributed by atoms with van der Waals surface area (Å²) in [6.45, 7) is 3.99. The molecule has 0 atom stereocenters. The lowest BCUT2D eigenvalue weighted by molar-refractivity contribution is 1.12. The summed E-state index contributed by atoms with van der Waals surface area (Å²) in [6, 6.07) is 6.00. The van der Waals surface area contributed by atoms with Crippen molar-refractivity contribution >= 4 is 0 Å². The van der Waals surface area contributed by atoms with Gasteiger partial charge in [-0.3, -0.25) is 4.98 Å². The number of nitrogens with two attached hydrogens (primary N) is 1. The number of nitrogens with zero attached hydrogens (tertiary/aromatic N) is 1. The van der Waals surface area contributed by atoms with Crippen molar-refractivity contribution in [1.82, 2.24) is 4.98 Å². The predicted octanol–water partition coefficient (Wildman–Crippen LogP) is 1.27. The second kappa shape index (κ2) is 4.94. The van der Waals surface area contributed by atoms with Crippen molar-refractivity contribution in [2.75, 3.05) is 7.05 Å². The van der Waals surface area contributed by atoms with Crippen molar-refractivity contribution in [1.29, 1.82) is 0 Å². The van der Waals surface area contributed by atoms with Crippen molar-refractivity contribution in [3.05, 3.63) is 29.6 Å². The summed E-state index contributed by atoms with van der Waals surface area (Å²) in [6.07, 6.45) is 0. The zero-order valence-electron chi connectivity index (χ0n) is 6.76. The Balaban J connectivity index is 0.000000371. The third-order valence-electron chi connectivity index (χ3n) is 1.03. The van der Waals surface area contributed by atoms with Crippen LogP contribution in [0, 0.1) is 13.8 Å². The number of aryl methyl sites for hydroxylation is 2. The van der Waals surface area contributed by atoms with Crippen LogP contribution in [0.4, 0.5) is 0 Å². The molecule has 0 saturated heterocycles. The summed E-state index contributed by atoms with van der Waals surface area (Å²) < 4.78 is 0. The summed E-state index contributed by atoms with van der Waals surface area (Å²) in [5, 5.41) is 0. The normalized spacial score (nSPS) is 8.00. The van der Waals surface area contributed by atoms with E-state index in [0.29, 0.717) is 0 Å². The van der Waals surface area contributed by atoms with Gasteiger partial charge in [0.25, 0.3) is 0 Å². The van der Waals surface area contributed by atoms with Gasteiger partial charge in [0.2, 0.25) is 0 Å². The van der Waals surface area contributed by atoms with Crippen LogP contribution in [-0.4, -0.2) is 12.0 Å². The molecule has 2 N–H and O–H groups in total. The molecule has 0 aliphatic rings. The van der Waals surface area contributed by atoms with Crippen LogP contribution in [0.2, 0.25) is 0 Å². The van der Waals surface area contributed by atoms with Crippen LogP contribution in [0.3, 0.4) is 0 Å². The molecule has 10 heavy (non-hydrogen) atoms. The Kier molecular flexibility index (Phi) is 4.50. The van der Waals surface area contributed by atoms with Gasteiger partial charge >= 0.3 is 0 Å². The van der Waals surface area contributed by atoms with E-state index in [1.165, 1.54) is 7.05 Å². The van der Waals surface area contributed by atoms with Crippen molar-refractivity contribution in [2.24, 2.45) is 5.73 Å². The fourth-order valence-corrected chi connectivity index (χ4v) is 0.679. The lowest BCUT2D eigenvalue weighted by atomic mass is 10.3. The number of hydrogen-bond acceptors (Lipinski definition) is 2. The maximum absolute atomic E-state index is 4.50. The van der Waals surface area contributed by atoms with E-state index in [9.17, 15) is 0 Å². The highest BCUT2D eigenvalue weighted by Gasteiger charge is 1.82. The standard InChI is InChI=1S/C7H9N.CH5N/c1-6-4-3-5-7(2)8-6;1-2/h3-5H,1-2H3;2H2,1H3. The van der Waals surface area contributed by atoms with Gasteiger partial charge in [0.05, 0.1) is 0 Å². The van der Waals surface area contributed by atoms with Gasteiger partial charge in [-0.2, -0.15) is 0 Å². The van der Waals surface area contributed by atoms with Gasteiger partial charge < -0.3 is 5.73 Å². The van der Waals surface area contributed by atoms with Gasteiger partial charge in [0.15, 0.2) is 0 Å². The molecule has 0 fully saturated rings. The first-order valence-electron chi connectivity index (χ1n) is 3.27. The van der Waals surface area contributed by atoms with Crippen LogP contribution < -0.4 is 5.73 Å². The summed E-state index contributed by atoms with van der Waals surface area (Å²) in [7, 11) is 1.50. The first-order valence-corrected chi connectivity index (χ1v) is 3.27. The highest BCUT2D eigenvalue weighted by molar-refractivity contribution is 5.07. The molecule has 0 unspecified atom stereocenters. The van der Waals surface area contributed by atoms with Crippen LogP contribution >= 0.6 is 0 Å². The lowest BCUT2D eigenvalue weighted by Crippen LogP contribution is -1.81. The molecule has 0 radical (unpaired) electrons. The zero-order valence-corrected chi connectivity index (χ0v) is 6.76. The lowest BCUT2D eigenvalue weighted by Gasteiger charge is -1.90. The Bertz CT molecular complexity index is 167. The predicted molar refractivity (Wildman–Crippen MR) is 43.8 cm³/mol. The van der Waals surface area contributed by atoms with Crippen molar-refractivity contribution in [3.8, 4) is 0 Å². The molecule has 0 aliphatic carbocycles. The number of pyridine rings is 1. The molecule has 1 rings (SSSR count). The molecule has 1 aromatic heterocycles. The zero-order chi connectivity index (χ0) is 7.98. The molecule has 0 amide bonds. The van der Waals surface area contributed by atoms with Gasteiger partial charge in [-0.25, -0.2) is 0 Å².